The predicted octanol–water partition coefficient (Wildman–Crippen LogP) is 1.62. The van der Waals surface area contributed by atoms with Gasteiger partial charge in [-0.25, -0.2) is 17.7 Å². The number of hydrogen-bond acceptors (Lipinski definition) is 6. The number of benzene rings is 1. The van der Waals surface area contributed by atoms with Crippen LogP contribution in [0.15, 0.2) is 34.5 Å². The Bertz CT molecular complexity index is 904. The molecule has 0 aliphatic carbocycles. The molecule has 0 bridgehead atoms. The van der Waals surface area contributed by atoms with E-state index in [1.165, 1.54) is 36.5 Å². The molecule has 1 N–H and O–H groups in total. The van der Waals surface area contributed by atoms with Gasteiger partial charge in [-0.05, 0) is 26.0 Å². The molecule has 23 heavy (non-hydrogen) atoms. The van der Waals surface area contributed by atoms with Crippen molar-refractivity contribution in [3.8, 4) is 0 Å². The summed E-state index contributed by atoms with van der Waals surface area (Å²) in [5.41, 5.74) is 0.826. The third-order valence-corrected chi connectivity index (χ3v) is 6.22. The number of rotatable bonds is 3. The summed E-state index contributed by atoms with van der Waals surface area (Å²) in [6.45, 7) is 3.15. The number of amides is 2. The molecular weight excluding hydrogens is 338 g/mol. The normalized spacial score (nSPS) is 17.0. The van der Waals surface area contributed by atoms with Crippen molar-refractivity contribution in [2.24, 2.45) is 0 Å². The van der Waals surface area contributed by atoms with Crippen LogP contribution in [0.4, 0.5) is 5.13 Å². The van der Waals surface area contributed by atoms with E-state index in [4.69, 9.17) is 0 Å². The second kappa shape index (κ2) is 5.43. The zero-order chi connectivity index (χ0) is 16.8. The minimum atomic E-state index is -4.02. The molecule has 7 nitrogen and oxygen atoms in total. The number of nitrogens with one attached hydrogen (secondary N) is 1. The van der Waals surface area contributed by atoms with Gasteiger partial charge in [-0.15, -0.1) is 11.3 Å². The van der Waals surface area contributed by atoms with Crippen LogP contribution in [-0.2, 0) is 14.8 Å². The largest absolute Gasteiger partial charge is 0.300 e. The lowest BCUT2D eigenvalue weighted by Crippen LogP contribution is -2.45. The Kier molecular flexibility index (Phi) is 3.69. The summed E-state index contributed by atoms with van der Waals surface area (Å²) < 4.78 is 25.6. The number of sulfonamides is 1. The van der Waals surface area contributed by atoms with E-state index in [1.807, 2.05) is 0 Å². The van der Waals surface area contributed by atoms with Crippen LogP contribution < -0.4 is 5.32 Å². The van der Waals surface area contributed by atoms with Crippen LogP contribution >= 0.6 is 11.3 Å². The van der Waals surface area contributed by atoms with Gasteiger partial charge in [0.2, 0.25) is 5.91 Å². The van der Waals surface area contributed by atoms with Crippen LogP contribution in [0, 0.1) is 6.92 Å². The van der Waals surface area contributed by atoms with Crippen molar-refractivity contribution in [3.63, 3.8) is 0 Å². The molecule has 0 radical (unpaired) electrons. The summed E-state index contributed by atoms with van der Waals surface area (Å²) in [6.07, 6.45) is 0. The number of thiazole rings is 1. The second-order valence-corrected chi connectivity index (χ2v) is 7.70. The maximum Gasteiger partial charge on any atom is 0.269 e. The number of nitrogens with zero attached hydrogens (tertiary/aromatic N) is 2. The fourth-order valence-electron chi connectivity index (χ4n) is 2.31. The minimum Gasteiger partial charge on any atom is -0.300 e. The van der Waals surface area contributed by atoms with Gasteiger partial charge in [0.1, 0.15) is 10.9 Å². The maximum absolute atomic E-state index is 12.5. The molecule has 1 aliphatic rings. The third kappa shape index (κ3) is 2.51. The van der Waals surface area contributed by atoms with Gasteiger partial charge < -0.3 is 5.32 Å². The van der Waals surface area contributed by atoms with Crippen molar-refractivity contribution in [2.75, 3.05) is 5.32 Å². The van der Waals surface area contributed by atoms with Gasteiger partial charge in [-0.1, -0.05) is 12.1 Å². The molecule has 120 valence electrons. The number of anilines is 1. The molecule has 0 saturated carbocycles. The zero-order valence-electron chi connectivity index (χ0n) is 12.3. The fourth-order valence-corrected chi connectivity index (χ4v) is 4.73. The van der Waals surface area contributed by atoms with E-state index in [0.29, 0.717) is 9.44 Å². The number of carbonyl (C=O) groups is 2. The summed E-state index contributed by atoms with van der Waals surface area (Å²) in [4.78, 5) is 28.7. The van der Waals surface area contributed by atoms with E-state index in [0.717, 1.165) is 5.69 Å². The number of hydrogen-bond donors (Lipinski definition) is 1. The number of fused-ring (bicyclic) bond motifs is 1. The Morgan fingerprint density at radius 3 is 2.65 bits per heavy atom. The minimum absolute atomic E-state index is 0.0743. The first kappa shape index (κ1) is 15.6. The van der Waals surface area contributed by atoms with E-state index in [9.17, 15) is 18.0 Å². The average molecular weight is 351 g/mol. The van der Waals surface area contributed by atoms with E-state index >= 15 is 0 Å². The number of aryl methyl sites for hydroxylation is 1. The molecule has 2 aromatic rings. The van der Waals surface area contributed by atoms with Crippen LogP contribution in [0.3, 0.4) is 0 Å². The van der Waals surface area contributed by atoms with Crippen molar-refractivity contribution in [3.05, 3.63) is 40.9 Å². The van der Waals surface area contributed by atoms with Gasteiger partial charge in [0, 0.05) is 5.38 Å². The number of aromatic nitrogens is 1. The average Bonchev–Trinajstić information content (AvgIpc) is 2.99. The zero-order valence-corrected chi connectivity index (χ0v) is 13.9. The van der Waals surface area contributed by atoms with Crippen LogP contribution in [0.1, 0.15) is 23.0 Å². The van der Waals surface area contributed by atoms with Crippen molar-refractivity contribution >= 4 is 38.3 Å². The molecule has 2 amide bonds. The Hall–Kier alpha value is -2.26. The molecule has 9 heteroatoms. The smallest absolute Gasteiger partial charge is 0.269 e. The highest BCUT2D eigenvalue weighted by atomic mass is 32.2. The molecule has 0 unspecified atom stereocenters. The highest BCUT2D eigenvalue weighted by Gasteiger charge is 2.45. The molecule has 0 spiro atoms. The van der Waals surface area contributed by atoms with Gasteiger partial charge >= 0.3 is 0 Å². The summed E-state index contributed by atoms with van der Waals surface area (Å²) in [6, 6.07) is 4.74. The quantitative estimate of drug-likeness (QED) is 0.906. The monoisotopic (exact) mass is 351 g/mol. The third-order valence-electron chi connectivity index (χ3n) is 3.43. The van der Waals surface area contributed by atoms with Gasteiger partial charge in [-0.2, -0.15) is 0 Å². The highest BCUT2D eigenvalue weighted by molar-refractivity contribution is 7.90. The van der Waals surface area contributed by atoms with E-state index in [1.54, 1.807) is 18.4 Å². The van der Waals surface area contributed by atoms with Crippen LogP contribution in [0.25, 0.3) is 0 Å². The van der Waals surface area contributed by atoms with E-state index < -0.39 is 27.9 Å². The highest BCUT2D eigenvalue weighted by Crippen LogP contribution is 2.32. The Balaban J connectivity index is 1.90. The fraction of sp³-hybridized carbons (Fsp3) is 0.214. The van der Waals surface area contributed by atoms with Crippen molar-refractivity contribution < 1.29 is 18.0 Å². The van der Waals surface area contributed by atoms with Gasteiger partial charge in [-0.3, -0.25) is 9.59 Å². The lowest BCUT2D eigenvalue weighted by Gasteiger charge is -2.21. The Morgan fingerprint density at radius 1 is 1.35 bits per heavy atom. The molecule has 3 rings (SSSR count). The van der Waals surface area contributed by atoms with E-state index in [-0.39, 0.29) is 10.5 Å². The summed E-state index contributed by atoms with van der Waals surface area (Å²) >= 11 is 1.23. The molecular formula is C14H13N3O4S2. The molecule has 1 aliphatic heterocycles. The summed E-state index contributed by atoms with van der Waals surface area (Å²) in [7, 11) is -4.02. The molecule has 0 fully saturated rings. The lowest BCUT2D eigenvalue weighted by molar-refractivity contribution is -0.118. The van der Waals surface area contributed by atoms with E-state index in [2.05, 4.69) is 10.3 Å². The Morgan fingerprint density at radius 2 is 2.04 bits per heavy atom. The maximum atomic E-state index is 12.5. The van der Waals surface area contributed by atoms with Gasteiger partial charge in [0.05, 0.1) is 11.3 Å². The standard InChI is InChI=1S/C14H13N3O4S2/c1-8-7-22-14(15-8)16-12(18)9(2)17-13(19)10-5-3-4-6-11(10)23(17,20)21/h3-7,9H,1-2H3,(H,15,16,18)/t9-/m1/s1. The molecule has 2 heterocycles. The first-order valence-corrected chi connectivity index (χ1v) is 9.05. The van der Waals surface area contributed by atoms with Crippen molar-refractivity contribution in [1.29, 1.82) is 0 Å². The summed E-state index contributed by atoms with van der Waals surface area (Å²) in [5.74, 6) is -1.30. The Labute approximate surface area is 137 Å². The lowest BCUT2D eigenvalue weighted by atomic mass is 10.2. The van der Waals surface area contributed by atoms with Gasteiger partial charge in [0.15, 0.2) is 5.13 Å². The molecule has 1 atom stereocenters. The number of carbonyl (C=O) groups excluding carboxylic acids is 2. The van der Waals surface area contributed by atoms with Crippen LogP contribution in [-0.4, -0.2) is 35.6 Å². The van der Waals surface area contributed by atoms with Crippen LogP contribution in [0.2, 0.25) is 0 Å². The topological polar surface area (TPSA) is 96.4 Å². The van der Waals surface area contributed by atoms with Crippen LogP contribution in [0.5, 0.6) is 0 Å². The first-order chi connectivity index (χ1) is 10.8. The van der Waals surface area contributed by atoms with Crippen molar-refractivity contribution in [1.82, 2.24) is 9.29 Å². The molecule has 1 aromatic heterocycles. The second-order valence-electron chi connectivity index (χ2n) is 5.06. The first-order valence-electron chi connectivity index (χ1n) is 6.73. The predicted molar refractivity (Wildman–Crippen MR) is 84.7 cm³/mol. The summed E-state index contributed by atoms with van der Waals surface area (Å²) in [5, 5.41) is 4.65. The molecule has 1 aromatic carbocycles. The van der Waals surface area contributed by atoms with Gasteiger partial charge in [0.25, 0.3) is 15.9 Å². The molecule has 0 saturated heterocycles. The SMILES string of the molecule is Cc1csc(NC(=O)[C@@H](C)N2C(=O)c3ccccc3S2(=O)=O)n1. The van der Waals surface area contributed by atoms with Crippen molar-refractivity contribution in [2.45, 2.75) is 24.8 Å².